The van der Waals surface area contributed by atoms with Gasteiger partial charge < -0.3 is 9.88 Å². The average Bonchev–Trinajstić information content (AvgIpc) is 3.18. The molecule has 0 aromatic carbocycles. The summed E-state index contributed by atoms with van der Waals surface area (Å²) in [6.45, 7) is 2.81. The molecule has 22 heavy (non-hydrogen) atoms. The molecular formula is C15H19N5OS. The van der Waals surface area contributed by atoms with Crippen LogP contribution in [0.5, 0.6) is 0 Å². The molecule has 7 heteroatoms. The minimum absolute atomic E-state index is 0.0607. The summed E-state index contributed by atoms with van der Waals surface area (Å²) in [6.07, 6.45) is 5.20. The van der Waals surface area contributed by atoms with Crippen LogP contribution in [-0.2, 0) is 13.0 Å². The summed E-state index contributed by atoms with van der Waals surface area (Å²) < 4.78 is 2.27. The fourth-order valence-corrected chi connectivity index (χ4v) is 3.62. The number of hydrogen-bond acceptors (Lipinski definition) is 5. The summed E-state index contributed by atoms with van der Waals surface area (Å²) in [5.74, 6) is 2.78. The normalized spacial score (nSPS) is 21.2. The first-order chi connectivity index (χ1) is 10.7. The molecule has 2 aromatic heterocycles. The molecule has 3 heterocycles. The lowest BCUT2D eigenvalue weighted by molar-refractivity contribution is 0.0928. The minimum atomic E-state index is -0.0607. The summed E-state index contributed by atoms with van der Waals surface area (Å²) in [5, 5.41) is 14.6. The number of fused-ring (bicyclic) bond motifs is 1. The summed E-state index contributed by atoms with van der Waals surface area (Å²) in [4.78, 5) is 16.5. The lowest BCUT2D eigenvalue weighted by Crippen LogP contribution is -2.35. The zero-order valence-electron chi connectivity index (χ0n) is 12.6. The molecule has 1 N–H and O–H groups in total. The standard InChI is InChI=1S/C15H19N5OS/c1-9-16-12(8-22-9)15(21)17-11-4-5-13-18-19-14(10-2-3-10)20(13)7-6-11/h8,10-11H,2-7H2,1H3,(H,17,21). The quantitative estimate of drug-likeness (QED) is 0.940. The molecular weight excluding hydrogens is 298 g/mol. The fraction of sp³-hybridized carbons (Fsp3) is 0.600. The Morgan fingerprint density at radius 2 is 2.18 bits per heavy atom. The van der Waals surface area contributed by atoms with Crippen LogP contribution in [-0.4, -0.2) is 31.7 Å². The molecule has 2 aromatic rings. The maximum atomic E-state index is 12.2. The van der Waals surface area contributed by atoms with E-state index in [2.05, 4.69) is 25.1 Å². The third kappa shape index (κ3) is 2.65. The third-order valence-electron chi connectivity index (χ3n) is 4.40. The van der Waals surface area contributed by atoms with Gasteiger partial charge in [0.05, 0.1) is 5.01 Å². The smallest absolute Gasteiger partial charge is 0.270 e. The van der Waals surface area contributed by atoms with E-state index in [0.29, 0.717) is 11.6 Å². The van der Waals surface area contributed by atoms with Gasteiger partial charge in [-0.1, -0.05) is 0 Å². The number of nitrogens with one attached hydrogen (secondary N) is 1. The number of aromatic nitrogens is 4. The van der Waals surface area contributed by atoms with E-state index in [1.54, 1.807) is 0 Å². The molecule has 6 nitrogen and oxygen atoms in total. The van der Waals surface area contributed by atoms with Crippen molar-refractivity contribution >= 4 is 17.2 Å². The zero-order chi connectivity index (χ0) is 15.1. The van der Waals surface area contributed by atoms with Crippen molar-refractivity contribution in [3.05, 3.63) is 27.7 Å². The number of amides is 1. The second-order valence-corrected chi connectivity index (χ2v) is 7.21. The van der Waals surface area contributed by atoms with E-state index in [1.807, 2.05) is 12.3 Å². The topological polar surface area (TPSA) is 72.7 Å². The third-order valence-corrected chi connectivity index (χ3v) is 5.18. The molecule has 0 radical (unpaired) electrons. The molecule has 116 valence electrons. The van der Waals surface area contributed by atoms with E-state index in [0.717, 1.165) is 42.5 Å². The first-order valence-electron chi connectivity index (χ1n) is 7.85. The number of rotatable bonds is 3. The van der Waals surface area contributed by atoms with Crippen molar-refractivity contribution in [1.29, 1.82) is 0 Å². The highest BCUT2D eigenvalue weighted by Crippen LogP contribution is 2.39. The number of aryl methyl sites for hydroxylation is 2. The Kier molecular flexibility index (Phi) is 3.44. The molecule has 4 rings (SSSR count). The van der Waals surface area contributed by atoms with Crippen LogP contribution in [0.2, 0.25) is 0 Å². The van der Waals surface area contributed by atoms with Crippen LogP contribution < -0.4 is 5.32 Å². The van der Waals surface area contributed by atoms with Crippen molar-refractivity contribution in [2.45, 2.75) is 57.5 Å². The van der Waals surface area contributed by atoms with E-state index >= 15 is 0 Å². The first-order valence-corrected chi connectivity index (χ1v) is 8.73. The van der Waals surface area contributed by atoms with Gasteiger partial charge in [-0.15, -0.1) is 21.5 Å². The van der Waals surface area contributed by atoms with Gasteiger partial charge >= 0.3 is 0 Å². The van der Waals surface area contributed by atoms with E-state index in [4.69, 9.17) is 0 Å². The van der Waals surface area contributed by atoms with Gasteiger partial charge in [-0.05, 0) is 32.6 Å². The lowest BCUT2D eigenvalue weighted by Gasteiger charge is -2.15. The second-order valence-electron chi connectivity index (χ2n) is 6.15. The van der Waals surface area contributed by atoms with Crippen molar-refractivity contribution in [3.63, 3.8) is 0 Å². The van der Waals surface area contributed by atoms with Crippen molar-refractivity contribution < 1.29 is 4.79 Å². The Morgan fingerprint density at radius 3 is 2.91 bits per heavy atom. The molecule has 1 fully saturated rings. The van der Waals surface area contributed by atoms with Crippen molar-refractivity contribution in [1.82, 2.24) is 25.1 Å². The van der Waals surface area contributed by atoms with E-state index in [9.17, 15) is 4.79 Å². The average molecular weight is 317 g/mol. The molecule has 0 spiro atoms. The Balaban J connectivity index is 1.42. The number of nitrogens with zero attached hydrogens (tertiary/aromatic N) is 4. The first kappa shape index (κ1) is 13.9. The lowest BCUT2D eigenvalue weighted by atomic mass is 10.1. The Hall–Kier alpha value is -1.76. The van der Waals surface area contributed by atoms with Crippen LogP contribution in [0.4, 0.5) is 0 Å². The van der Waals surface area contributed by atoms with Crippen molar-refractivity contribution in [2.24, 2.45) is 0 Å². The molecule has 1 atom stereocenters. The Labute approximate surface area is 133 Å². The van der Waals surface area contributed by atoms with Crippen molar-refractivity contribution in [2.75, 3.05) is 0 Å². The highest BCUT2D eigenvalue weighted by atomic mass is 32.1. The molecule has 0 bridgehead atoms. The van der Waals surface area contributed by atoms with Crippen LogP contribution in [0.15, 0.2) is 5.38 Å². The number of carbonyl (C=O) groups excluding carboxylic acids is 1. The fourth-order valence-electron chi connectivity index (χ4n) is 3.03. The molecule has 1 aliphatic heterocycles. The minimum Gasteiger partial charge on any atom is -0.348 e. The van der Waals surface area contributed by atoms with Gasteiger partial charge in [0, 0.05) is 30.3 Å². The van der Waals surface area contributed by atoms with Gasteiger partial charge in [0.15, 0.2) is 0 Å². The highest BCUT2D eigenvalue weighted by molar-refractivity contribution is 7.09. The van der Waals surface area contributed by atoms with E-state index in [-0.39, 0.29) is 11.9 Å². The summed E-state index contributed by atoms with van der Waals surface area (Å²) in [5.41, 5.74) is 0.532. The van der Waals surface area contributed by atoms with Gasteiger partial charge in [0.2, 0.25) is 0 Å². The number of carbonyl (C=O) groups is 1. The van der Waals surface area contributed by atoms with Gasteiger partial charge in [0.25, 0.3) is 5.91 Å². The Morgan fingerprint density at radius 1 is 1.32 bits per heavy atom. The predicted octanol–water partition coefficient (Wildman–Crippen LogP) is 2.06. The van der Waals surface area contributed by atoms with Crippen LogP contribution in [0.3, 0.4) is 0 Å². The molecule has 1 amide bonds. The molecule has 2 aliphatic rings. The monoisotopic (exact) mass is 317 g/mol. The summed E-state index contributed by atoms with van der Waals surface area (Å²) in [6, 6.07) is 0.184. The van der Waals surface area contributed by atoms with Crippen LogP contribution in [0.1, 0.15) is 58.7 Å². The maximum Gasteiger partial charge on any atom is 0.270 e. The zero-order valence-corrected chi connectivity index (χ0v) is 13.4. The van der Waals surface area contributed by atoms with Crippen LogP contribution >= 0.6 is 11.3 Å². The van der Waals surface area contributed by atoms with Crippen LogP contribution in [0.25, 0.3) is 0 Å². The maximum absolute atomic E-state index is 12.2. The highest BCUT2D eigenvalue weighted by Gasteiger charge is 2.31. The molecule has 1 unspecified atom stereocenters. The Bertz CT molecular complexity index is 703. The van der Waals surface area contributed by atoms with Gasteiger partial charge in [-0.3, -0.25) is 4.79 Å². The largest absolute Gasteiger partial charge is 0.348 e. The number of thiazole rings is 1. The SMILES string of the molecule is Cc1nc(C(=O)NC2CCc3nnc(C4CC4)n3CC2)cs1. The summed E-state index contributed by atoms with van der Waals surface area (Å²) >= 11 is 1.51. The number of hydrogen-bond donors (Lipinski definition) is 1. The second kappa shape index (κ2) is 5.46. The molecule has 0 saturated heterocycles. The van der Waals surface area contributed by atoms with Gasteiger partial charge in [0.1, 0.15) is 17.3 Å². The molecule has 1 saturated carbocycles. The predicted molar refractivity (Wildman–Crippen MR) is 83.0 cm³/mol. The van der Waals surface area contributed by atoms with E-state index < -0.39 is 0 Å². The van der Waals surface area contributed by atoms with E-state index in [1.165, 1.54) is 24.2 Å². The van der Waals surface area contributed by atoms with Gasteiger partial charge in [-0.25, -0.2) is 4.98 Å². The van der Waals surface area contributed by atoms with Crippen LogP contribution in [0, 0.1) is 6.92 Å². The molecule has 1 aliphatic carbocycles. The van der Waals surface area contributed by atoms with Crippen molar-refractivity contribution in [3.8, 4) is 0 Å². The van der Waals surface area contributed by atoms with Gasteiger partial charge in [-0.2, -0.15) is 0 Å². The summed E-state index contributed by atoms with van der Waals surface area (Å²) in [7, 11) is 0.